The Labute approximate surface area is 117 Å². The molecule has 7 nitrogen and oxygen atoms in total. The number of amides is 2. The summed E-state index contributed by atoms with van der Waals surface area (Å²) in [5, 5.41) is 0. The van der Waals surface area contributed by atoms with Gasteiger partial charge in [-0.3, -0.25) is 9.59 Å². The second-order valence-electron chi connectivity index (χ2n) is 4.98. The van der Waals surface area contributed by atoms with E-state index in [2.05, 4.69) is 10.4 Å². The Balaban J connectivity index is 2.07. The molecule has 0 aliphatic carbocycles. The number of anilines is 1. The van der Waals surface area contributed by atoms with Gasteiger partial charge in [-0.05, 0) is 26.0 Å². The highest BCUT2D eigenvalue weighted by Gasteiger charge is 2.33. The summed E-state index contributed by atoms with van der Waals surface area (Å²) in [6, 6.07) is 5.37. The molecule has 1 saturated heterocycles. The largest absolute Gasteiger partial charge is 0.330 e. The molecule has 1 aromatic rings. The first-order chi connectivity index (χ1) is 9.52. The van der Waals surface area contributed by atoms with Crippen molar-refractivity contribution >= 4 is 17.6 Å². The third-order valence-electron chi connectivity index (χ3n) is 3.27. The molecule has 0 bridgehead atoms. The molecule has 0 radical (unpaired) electrons. The number of hydrazine groups is 1. The smallest absolute Gasteiger partial charge is 0.312 e. The number of hydrogen-bond donors (Lipinski definition) is 2. The van der Waals surface area contributed by atoms with E-state index < -0.39 is 11.8 Å². The van der Waals surface area contributed by atoms with Crippen LogP contribution in [0.1, 0.15) is 19.5 Å². The Bertz CT molecular complexity index is 517. The minimum Gasteiger partial charge on any atom is -0.330 e. The van der Waals surface area contributed by atoms with Crippen LogP contribution in [0.4, 0.5) is 5.82 Å². The summed E-state index contributed by atoms with van der Waals surface area (Å²) in [5.41, 5.74) is 3.15. The maximum absolute atomic E-state index is 12.1. The maximum atomic E-state index is 12.1. The van der Waals surface area contributed by atoms with E-state index >= 15 is 0 Å². The first kappa shape index (κ1) is 14.3. The van der Waals surface area contributed by atoms with Crippen LogP contribution < -0.4 is 11.3 Å². The van der Waals surface area contributed by atoms with Crippen molar-refractivity contribution in [2.45, 2.75) is 26.4 Å². The normalized spacial score (nSPS) is 16.0. The number of pyridine rings is 1. The number of rotatable bonds is 4. The Hall–Kier alpha value is -2.15. The zero-order valence-electron chi connectivity index (χ0n) is 11.7. The first-order valence-corrected chi connectivity index (χ1v) is 6.55. The summed E-state index contributed by atoms with van der Waals surface area (Å²) in [4.78, 5) is 31.4. The number of nitrogen functional groups attached to an aromatic ring is 1. The zero-order valence-corrected chi connectivity index (χ0v) is 11.7. The van der Waals surface area contributed by atoms with Gasteiger partial charge in [-0.15, -0.1) is 0 Å². The number of carbonyl (C=O) groups is 2. The molecule has 0 unspecified atom stereocenters. The van der Waals surface area contributed by atoms with E-state index in [1.165, 1.54) is 4.90 Å². The fourth-order valence-electron chi connectivity index (χ4n) is 2.18. The molecule has 20 heavy (non-hydrogen) atoms. The molecule has 7 heteroatoms. The first-order valence-electron chi connectivity index (χ1n) is 6.55. The molecule has 2 amide bonds. The average molecular weight is 277 g/mol. The van der Waals surface area contributed by atoms with Crippen molar-refractivity contribution in [3.63, 3.8) is 0 Å². The van der Waals surface area contributed by atoms with Crippen LogP contribution in [0, 0.1) is 0 Å². The predicted octanol–water partition coefficient (Wildman–Crippen LogP) is -0.0536. The molecule has 3 N–H and O–H groups in total. The summed E-state index contributed by atoms with van der Waals surface area (Å²) < 4.78 is 0. The summed E-state index contributed by atoms with van der Waals surface area (Å²) in [6.07, 6.45) is 0. The van der Waals surface area contributed by atoms with Gasteiger partial charge in [0.1, 0.15) is 5.82 Å². The van der Waals surface area contributed by atoms with E-state index in [0.717, 1.165) is 0 Å². The van der Waals surface area contributed by atoms with Crippen molar-refractivity contribution in [2.24, 2.45) is 5.84 Å². The average Bonchev–Trinajstić information content (AvgIpc) is 2.44. The van der Waals surface area contributed by atoms with Gasteiger partial charge in [0, 0.05) is 19.1 Å². The minimum atomic E-state index is -0.474. The quantitative estimate of drug-likeness (QED) is 0.457. The number of hydrogen-bond acceptors (Lipinski definition) is 5. The molecule has 0 saturated carbocycles. The third kappa shape index (κ3) is 2.88. The topological polar surface area (TPSA) is 91.6 Å². The van der Waals surface area contributed by atoms with Crippen molar-refractivity contribution in [3.05, 3.63) is 23.9 Å². The predicted molar refractivity (Wildman–Crippen MR) is 74.3 cm³/mol. The van der Waals surface area contributed by atoms with E-state index in [1.54, 1.807) is 23.1 Å². The molecule has 1 fully saturated rings. The van der Waals surface area contributed by atoms with Gasteiger partial charge in [-0.2, -0.15) is 0 Å². The molecule has 0 spiro atoms. The van der Waals surface area contributed by atoms with Gasteiger partial charge in [0.05, 0.1) is 12.2 Å². The molecular weight excluding hydrogens is 258 g/mol. The lowest BCUT2D eigenvalue weighted by Crippen LogP contribution is -2.55. The highest BCUT2D eigenvalue weighted by molar-refractivity contribution is 6.35. The van der Waals surface area contributed by atoms with E-state index in [-0.39, 0.29) is 6.04 Å². The second kappa shape index (κ2) is 5.87. The molecule has 0 aromatic carbocycles. The Morgan fingerprint density at radius 3 is 2.70 bits per heavy atom. The van der Waals surface area contributed by atoms with Crippen molar-refractivity contribution in [3.8, 4) is 0 Å². The zero-order chi connectivity index (χ0) is 14.7. The molecule has 1 aliphatic rings. The van der Waals surface area contributed by atoms with Crippen LogP contribution >= 0.6 is 0 Å². The standard InChI is InChI=1S/C13H19N5O2/c1-9(2)18-7-6-17(12(19)13(18)20)8-10-4-3-5-11(15-10)16-14/h3-5,9H,6-8,14H2,1-2H3,(H,15,16). The van der Waals surface area contributed by atoms with Gasteiger partial charge in [-0.25, -0.2) is 10.8 Å². The van der Waals surface area contributed by atoms with E-state index in [4.69, 9.17) is 5.84 Å². The summed E-state index contributed by atoms with van der Waals surface area (Å²) in [6.45, 7) is 5.19. The maximum Gasteiger partial charge on any atom is 0.312 e. The van der Waals surface area contributed by atoms with Crippen LogP contribution in [0.3, 0.4) is 0 Å². The molecule has 0 atom stereocenters. The summed E-state index contributed by atoms with van der Waals surface area (Å²) >= 11 is 0. The molecule has 1 aliphatic heterocycles. The van der Waals surface area contributed by atoms with Crippen LogP contribution in [-0.4, -0.2) is 45.7 Å². The van der Waals surface area contributed by atoms with Crippen LogP contribution in [0.25, 0.3) is 0 Å². The van der Waals surface area contributed by atoms with Gasteiger partial charge in [-0.1, -0.05) is 6.07 Å². The minimum absolute atomic E-state index is 0.0384. The molecule has 2 heterocycles. The molecule has 1 aromatic heterocycles. The lowest BCUT2D eigenvalue weighted by atomic mass is 10.2. The van der Waals surface area contributed by atoms with Crippen molar-refractivity contribution < 1.29 is 9.59 Å². The van der Waals surface area contributed by atoms with Crippen LogP contribution in [-0.2, 0) is 16.1 Å². The van der Waals surface area contributed by atoms with Gasteiger partial charge in [0.25, 0.3) is 0 Å². The lowest BCUT2D eigenvalue weighted by molar-refractivity contribution is -0.157. The lowest BCUT2D eigenvalue weighted by Gasteiger charge is -2.35. The van der Waals surface area contributed by atoms with Crippen molar-refractivity contribution in [1.29, 1.82) is 0 Å². The third-order valence-corrected chi connectivity index (χ3v) is 3.27. The number of aromatic nitrogens is 1. The van der Waals surface area contributed by atoms with Crippen LogP contribution in [0.2, 0.25) is 0 Å². The number of nitrogens with one attached hydrogen (secondary N) is 1. The van der Waals surface area contributed by atoms with Gasteiger partial charge in [0.2, 0.25) is 0 Å². The highest BCUT2D eigenvalue weighted by Crippen LogP contribution is 2.12. The van der Waals surface area contributed by atoms with E-state index in [9.17, 15) is 9.59 Å². The number of nitrogens with zero attached hydrogens (tertiary/aromatic N) is 3. The molecular formula is C13H19N5O2. The Morgan fingerprint density at radius 2 is 2.05 bits per heavy atom. The van der Waals surface area contributed by atoms with Crippen LogP contribution in [0.5, 0.6) is 0 Å². The molecule has 108 valence electrons. The SMILES string of the molecule is CC(C)N1CCN(Cc2cccc(NN)n2)C(=O)C1=O. The monoisotopic (exact) mass is 277 g/mol. The van der Waals surface area contributed by atoms with Gasteiger partial charge < -0.3 is 15.2 Å². The van der Waals surface area contributed by atoms with Gasteiger partial charge in [0.15, 0.2) is 0 Å². The number of carbonyl (C=O) groups excluding carboxylic acids is 2. The fourth-order valence-corrected chi connectivity index (χ4v) is 2.18. The Morgan fingerprint density at radius 1 is 1.30 bits per heavy atom. The number of piperazine rings is 1. The second-order valence-corrected chi connectivity index (χ2v) is 4.98. The van der Waals surface area contributed by atoms with Crippen molar-refractivity contribution in [2.75, 3.05) is 18.5 Å². The fraction of sp³-hybridized carbons (Fsp3) is 0.462. The molecule has 2 rings (SSSR count). The van der Waals surface area contributed by atoms with E-state index in [0.29, 0.717) is 31.1 Å². The Kier molecular flexibility index (Phi) is 4.19. The van der Waals surface area contributed by atoms with Gasteiger partial charge >= 0.3 is 11.8 Å². The van der Waals surface area contributed by atoms with Crippen LogP contribution in [0.15, 0.2) is 18.2 Å². The van der Waals surface area contributed by atoms with E-state index in [1.807, 2.05) is 13.8 Å². The number of nitrogens with two attached hydrogens (primary N) is 1. The summed E-state index contributed by atoms with van der Waals surface area (Å²) in [7, 11) is 0. The summed E-state index contributed by atoms with van der Waals surface area (Å²) in [5.74, 6) is 4.91. The van der Waals surface area contributed by atoms with Crippen molar-refractivity contribution in [1.82, 2.24) is 14.8 Å². The highest BCUT2D eigenvalue weighted by atomic mass is 16.2.